The summed E-state index contributed by atoms with van der Waals surface area (Å²) < 4.78 is 7.40. The zero-order valence-electron chi connectivity index (χ0n) is 15.9. The number of amidine groups is 1. The molecule has 1 aliphatic carbocycles. The standard InChI is InChI=1S/C20H26BrN3O2S/c1-19(2,3)17(25)23-12-5-7-16-14(9-12)20(10-27-18(22)24-20)13-8-11(21)4-6-15(13)26-16/h4,6,8,12,14,16H,5,7,9-10H2,1-3H3,(H2,22,24)(H,23,25)/t12?,14-,16-,20?/m0/s1. The van der Waals surface area contributed by atoms with Gasteiger partial charge in [-0.2, -0.15) is 0 Å². The van der Waals surface area contributed by atoms with Crippen molar-refractivity contribution in [2.24, 2.45) is 22.1 Å². The largest absolute Gasteiger partial charge is 0.490 e. The summed E-state index contributed by atoms with van der Waals surface area (Å²) in [6, 6.07) is 6.30. The van der Waals surface area contributed by atoms with E-state index in [1.807, 2.05) is 32.9 Å². The second-order valence-corrected chi connectivity index (χ2v) is 10.7. The second-order valence-electron chi connectivity index (χ2n) is 8.80. The van der Waals surface area contributed by atoms with E-state index >= 15 is 0 Å². The van der Waals surface area contributed by atoms with E-state index in [9.17, 15) is 4.79 Å². The molecule has 1 aromatic carbocycles. The lowest BCUT2D eigenvalue weighted by atomic mass is 9.67. The highest BCUT2D eigenvalue weighted by Crippen LogP contribution is 2.54. The molecule has 1 fully saturated rings. The number of rotatable bonds is 1. The third-order valence-corrected chi connectivity index (χ3v) is 7.32. The smallest absolute Gasteiger partial charge is 0.225 e. The van der Waals surface area contributed by atoms with Crippen molar-refractivity contribution in [3.05, 3.63) is 28.2 Å². The maximum Gasteiger partial charge on any atom is 0.225 e. The number of hydrogen-bond acceptors (Lipinski definition) is 5. The van der Waals surface area contributed by atoms with Crippen LogP contribution in [0.15, 0.2) is 27.7 Å². The van der Waals surface area contributed by atoms with Gasteiger partial charge in [-0.25, -0.2) is 4.99 Å². The first-order valence-corrected chi connectivity index (χ1v) is 11.2. The third-order valence-electron chi connectivity index (χ3n) is 5.85. The molecule has 2 aliphatic heterocycles. The minimum Gasteiger partial charge on any atom is -0.490 e. The molecule has 2 heterocycles. The number of carbonyl (C=O) groups excluding carboxylic acids is 1. The Morgan fingerprint density at radius 3 is 2.85 bits per heavy atom. The quantitative estimate of drug-likeness (QED) is 0.680. The summed E-state index contributed by atoms with van der Waals surface area (Å²) >= 11 is 5.21. The molecule has 146 valence electrons. The van der Waals surface area contributed by atoms with Crippen LogP contribution in [0.1, 0.15) is 45.6 Å². The van der Waals surface area contributed by atoms with Crippen molar-refractivity contribution < 1.29 is 9.53 Å². The fourth-order valence-electron chi connectivity index (χ4n) is 4.40. The number of amides is 1. The monoisotopic (exact) mass is 451 g/mol. The summed E-state index contributed by atoms with van der Waals surface area (Å²) in [6.07, 6.45) is 2.81. The van der Waals surface area contributed by atoms with Gasteiger partial charge >= 0.3 is 0 Å². The number of halogens is 1. The van der Waals surface area contributed by atoms with E-state index in [-0.39, 0.29) is 34.9 Å². The first-order chi connectivity index (χ1) is 12.7. The summed E-state index contributed by atoms with van der Waals surface area (Å²) in [6.45, 7) is 5.85. The van der Waals surface area contributed by atoms with Gasteiger partial charge in [0.25, 0.3) is 0 Å². The molecule has 1 spiro atoms. The number of ether oxygens (including phenoxy) is 1. The molecule has 0 saturated heterocycles. The summed E-state index contributed by atoms with van der Waals surface area (Å²) in [7, 11) is 0. The van der Waals surface area contributed by atoms with Crippen LogP contribution in [-0.2, 0) is 10.3 Å². The molecule has 4 atom stereocenters. The summed E-state index contributed by atoms with van der Waals surface area (Å²) in [5.74, 6) is 2.04. The number of hydrogen-bond donors (Lipinski definition) is 2. The number of thioether (sulfide) groups is 1. The topological polar surface area (TPSA) is 76.7 Å². The maximum absolute atomic E-state index is 12.5. The third kappa shape index (κ3) is 3.37. The van der Waals surface area contributed by atoms with Crippen LogP contribution in [0.25, 0.3) is 0 Å². The van der Waals surface area contributed by atoms with Gasteiger partial charge in [-0.15, -0.1) is 0 Å². The minimum atomic E-state index is -0.388. The molecular weight excluding hydrogens is 426 g/mol. The van der Waals surface area contributed by atoms with Crippen LogP contribution in [0.3, 0.4) is 0 Å². The maximum atomic E-state index is 12.5. The van der Waals surface area contributed by atoms with E-state index in [0.717, 1.165) is 40.8 Å². The van der Waals surface area contributed by atoms with Crippen molar-refractivity contribution in [3.63, 3.8) is 0 Å². The molecule has 3 N–H and O–H groups in total. The van der Waals surface area contributed by atoms with E-state index in [1.54, 1.807) is 11.8 Å². The molecule has 3 aliphatic rings. The van der Waals surface area contributed by atoms with Crippen molar-refractivity contribution in [1.29, 1.82) is 0 Å². The van der Waals surface area contributed by atoms with Crippen molar-refractivity contribution in [1.82, 2.24) is 5.32 Å². The van der Waals surface area contributed by atoms with Crippen molar-refractivity contribution in [2.45, 2.75) is 57.7 Å². The van der Waals surface area contributed by atoms with Crippen molar-refractivity contribution in [2.75, 3.05) is 5.75 Å². The number of carbonyl (C=O) groups is 1. The number of aliphatic imine (C=N–C) groups is 1. The van der Waals surface area contributed by atoms with E-state index in [2.05, 4.69) is 27.3 Å². The molecule has 1 aromatic rings. The summed E-state index contributed by atoms with van der Waals surface area (Å²) in [4.78, 5) is 17.5. The highest BCUT2D eigenvalue weighted by Gasteiger charge is 2.54. The Balaban J connectivity index is 1.68. The molecule has 1 saturated carbocycles. The highest BCUT2D eigenvalue weighted by atomic mass is 79.9. The van der Waals surface area contributed by atoms with Crippen LogP contribution in [0.2, 0.25) is 0 Å². The second kappa shape index (κ2) is 6.69. The highest BCUT2D eigenvalue weighted by molar-refractivity contribution is 9.10. The lowest BCUT2D eigenvalue weighted by Gasteiger charge is -2.49. The molecule has 4 rings (SSSR count). The van der Waals surface area contributed by atoms with E-state index in [1.165, 1.54) is 0 Å². The van der Waals surface area contributed by atoms with E-state index in [4.69, 9.17) is 15.5 Å². The number of nitrogens with zero attached hydrogens (tertiary/aromatic N) is 1. The van der Waals surface area contributed by atoms with Crippen LogP contribution in [-0.4, -0.2) is 29.0 Å². The van der Waals surface area contributed by atoms with Gasteiger partial charge in [0.2, 0.25) is 5.91 Å². The first kappa shape index (κ1) is 19.1. The zero-order valence-corrected chi connectivity index (χ0v) is 18.3. The Bertz CT molecular complexity index is 807. The molecule has 1 amide bonds. The van der Waals surface area contributed by atoms with Gasteiger partial charge in [0.1, 0.15) is 17.4 Å². The Hall–Kier alpha value is -1.21. The predicted molar refractivity (Wildman–Crippen MR) is 113 cm³/mol. The molecule has 0 radical (unpaired) electrons. The van der Waals surface area contributed by atoms with Crippen molar-refractivity contribution in [3.8, 4) is 5.75 Å². The Morgan fingerprint density at radius 1 is 1.41 bits per heavy atom. The van der Waals surface area contributed by atoms with Gasteiger partial charge in [-0.05, 0) is 37.5 Å². The molecule has 5 nitrogen and oxygen atoms in total. The zero-order chi connectivity index (χ0) is 19.4. The van der Waals surface area contributed by atoms with E-state index < -0.39 is 0 Å². The molecular formula is C20H26BrN3O2S. The number of fused-ring (bicyclic) bond motifs is 4. The number of nitrogens with one attached hydrogen (secondary N) is 1. The Kier molecular flexibility index (Phi) is 4.74. The first-order valence-electron chi connectivity index (χ1n) is 9.45. The Morgan fingerprint density at radius 2 is 2.19 bits per heavy atom. The van der Waals surface area contributed by atoms with Gasteiger partial charge < -0.3 is 15.8 Å². The Labute approximate surface area is 173 Å². The van der Waals surface area contributed by atoms with Crippen LogP contribution in [0.5, 0.6) is 5.75 Å². The van der Waals surface area contributed by atoms with Gasteiger partial charge in [-0.3, -0.25) is 4.79 Å². The van der Waals surface area contributed by atoms with Crippen LogP contribution in [0.4, 0.5) is 0 Å². The molecule has 2 unspecified atom stereocenters. The van der Waals surface area contributed by atoms with Gasteiger partial charge in [0.05, 0.1) is 0 Å². The predicted octanol–water partition coefficient (Wildman–Crippen LogP) is 3.80. The summed E-state index contributed by atoms with van der Waals surface area (Å²) in [5, 5.41) is 3.90. The van der Waals surface area contributed by atoms with E-state index in [0.29, 0.717) is 5.17 Å². The molecule has 0 aromatic heterocycles. The fourth-order valence-corrected chi connectivity index (χ4v) is 5.79. The average molecular weight is 452 g/mol. The lowest BCUT2D eigenvalue weighted by molar-refractivity contribution is -0.130. The number of nitrogens with two attached hydrogens (primary N) is 1. The van der Waals surface area contributed by atoms with Gasteiger partial charge in [-0.1, -0.05) is 48.5 Å². The molecule has 27 heavy (non-hydrogen) atoms. The van der Waals surface area contributed by atoms with Crippen LogP contribution in [0, 0.1) is 11.3 Å². The fraction of sp³-hybridized carbons (Fsp3) is 0.600. The van der Waals surface area contributed by atoms with Gasteiger partial charge in [0.15, 0.2) is 5.17 Å². The molecule has 7 heteroatoms. The minimum absolute atomic E-state index is 0.101. The van der Waals surface area contributed by atoms with Crippen LogP contribution < -0.4 is 15.8 Å². The van der Waals surface area contributed by atoms with Crippen LogP contribution >= 0.6 is 27.7 Å². The average Bonchev–Trinajstić information content (AvgIpc) is 2.98. The number of benzene rings is 1. The summed E-state index contributed by atoms with van der Waals surface area (Å²) in [5.41, 5.74) is 6.46. The van der Waals surface area contributed by atoms with Crippen molar-refractivity contribution >= 4 is 38.8 Å². The normalized spacial score (nSPS) is 32.3. The van der Waals surface area contributed by atoms with Gasteiger partial charge in [0, 0.05) is 33.2 Å². The lowest BCUT2D eigenvalue weighted by Crippen LogP contribution is -2.55. The SMILES string of the molecule is CC(C)(C)C(=O)NC1CC[C@@H]2Oc3ccc(Br)cc3C3(CSC(N)=N3)[C@H]2C1. The molecule has 0 bridgehead atoms.